The van der Waals surface area contributed by atoms with Crippen molar-refractivity contribution >= 4 is 46.5 Å². The van der Waals surface area contributed by atoms with Gasteiger partial charge in [-0.2, -0.15) is 0 Å². The number of nitrogens with one attached hydrogen (secondary N) is 3. The Balaban J connectivity index is 1.79. The predicted molar refractivity (Wildman–Crippen MR) is 128 cm³/mol. The molecule has 0 fully saturated rings. The zero-order valence-electron chi connectivity index (χ0n) is 17.0. The number of thiocarbonyl (C=S) groups is 1. The van der Waals surface area contributed by atoms with Gasteiger partial charge in [0.15, 0.2) is 5.11 Å². The average Bonchev–Trinajstić information content (AvgIpc) is 2.70. The van der Waals surface area contributed by atoms with Crippen molar-refractivity contribution in [2.45, 2.75) is 27.3 Å². The summed E-state index contributed by atoms with van der Waals surface area (Å²) in [5, 5.41) is 10.5. The molecule has 0 spiro atoms. The van der Waals surface area contributed by atoms with E-state index in [0.717, 1.165) is 28.2 Å². The highest BCUT2D eigenvalue weighted by Gasteiger charge is 2.09. The third-order valence-electron chi connectivity index (χ3n) is 4.22. The monoisotopic (exact) mass is 438 g/mol. The maximum absolute atomic E-state index is 6.20. The van der Waals surface area contributed by atoms with E-state index < -0.39 is 0 Å². The van der Waals surface area contributed by atoms with Crippen LogP contribution in [0, 0.1) is 20.8 Å². The Morgan fingerprint density at radius 2 is 1.67 bits per heavy atom. The van der Waals surface area contributed by atoms with Crippen LogP contribution in [0.2, 0.25) is 5.02 Å². The van der Waals surface area contributed by atoms with Crippen molar-refractivity contribution in [2.75, 3.05) is 10.6 Å². The van der Waals surface area contributed by atoms with E-state index in [2.05, 4.69) is 30.9 Å². The van der Waals surface area contributed by atoms with Crippen LogP contribution >= 0.6 is 23.8 Å². The number of hydrogen-bond acceptors (Lipinski definition) is 4. The van der Waals surface area contributed by atoms with E-state index in [9.17, 15) is 0 Å². The number of aromatic nitrogens is 2. The molecule has 2 aromatic carbocycles. The maximum atomic E-state index is 6.20. The van der Waals surface area contributed by atoms with Crippen molar-refractivity contribution in [1.82, 2.24) is 15.3 Å². The van der Waals surface area contributed by atoms with Gasteiger partial charge in [0.05, 0.1) is 6.54 Å². The summed E-state index contributed by atoms with van der Waals surface area (Å²) in [5.74, 6) is 0.898. The summed E-state index contributed by atoms with van der Waals surface area (Å²) >= 11 is 11.7. The number of aliphatic imine (C=N–C) groups is 1. The lowest BCUT2D eigenvalue weighted by molar-refractivity contribution is 1.03. The molecule has 0 saturated heterocycles. The summed E-state index contributed by atoms with van der Waals surface area (Å²) in [6, 6.07) is 17.5. The van der Waals surface area contributed by atoms with E-state index in [1.54, 1.807) is 0 Å². The fraction of sp³-hybridized carbons (Fsp3) is 0.182. The molecule has 154 valence electrons. The zero-order valence-corrected chi connectivity index (χ0v) is 18.6. The van der Waals surface area contributed by atoms with Gasteiger partial charge < -0.3 is 10.6 Å². The lowest BCUT2D eigenvalue weighted by Gasteiger charge is -2.15. The van der Waals surface area contributed by atoms with Gasteiger partial charge in [-0.25, -0.2) is 15.0 Å². The fourth-order valence-corrected chi connectivity index (χ4v) is 3.14. The highest BCUT2D eigenvalue weighted by Crippen LogP contribution is 2.22. The molecule has 1 heterocycles. The van der Waals surface area contributed by atoms with E-state index in [0.29, 0.717) is 28.6 Å². The zero-order chi connectivity index (χ0) is 21.5. The Morgan fingerprint density at radius 3 is 2.37 bits per heavy atom. The van der Waals surface area contributed by atoms with Gasteiger partial charge in [0.25, 0.3) is 0 Å². The Hall–Kier alpha value is -3.03. The van der Waals surface area contributed by atoms with Gasteiger partial charge in [-0.1, -0.05) is 48.0 Å². The molecule has 0 unspecified atom stereocenters. The van der Waals surface area contributed by atoms with Crippen LogP contribution in [0.25, 0.3) is 0 Å². The van der Waals surface area contributed by atoms with E-state index in [4.69, 9.17) is 23.8 Å². The number of guanidine groups is 1. The number of anilines is 2. The SMILES string of the molecule is Cc1cc(C)nc(NC(=NCc2ccccc2)NC(=S)Nc2cccc(Cl)c2C)n1. The first kappa shape index (κ1) is 21.7. The van der Waals surface area contributed by atoms with Gasteiger partial charge in [-0.05, 0) is 62.3 Å². The molecule has 30 heavy (non-hydrogen) atoms. The number of halogens is 1. The minimum atomic E-state index is 0.379. The van der Waals surface area contributed by atoms with Crippen molar-refractivity contribution in [3.8, 4) is 0 Å². The first-order chi connectivity index (χ1) is 14.4. The maximum Gasteiger partial charge on any atom is 0.229 e. The first-order valence-electron chi connectivity index (χ1n) is 9.41. The highest BCUT2D eigenvalue weighted by atomic mass is 35.5. The summed E-state index contributed by atoms with van der Waals surface area (Å²) in [7, 11) is 0. The molecule has 0 bridgehead atoms. The molecule has 8 heteroatoms. The molecule has 0 aliphatic heterocycles. The van der Waals surface area contributed by atoms with Crippen LogP contribution in [0.4, 0.5) is 11.6 Å². The van der Waals surface area contributed by atoms with E-state index >= 15 is 0 Å². The van der Waals surface area contributed by atoms with Crippen LogP contribution in [0.5, 0.6) is 0 Å². The Labute approximate surface area is 186 Å². The average molecular weight is 439 g/mol. The summed E-state index contributed by atoms with van der Waals surface area (Å²) in [4.78, 5) is 13.5. The first-order valence-corrected chi connectivity index (χ1v) is 10.2. The molecule has 0 radical (unpaired) electrons. The minimum Gasteiger partial charge on any atom is -0.332 e. The molecule has 1 aromatic heterocycles. The van der Waals surface area contributed by atoms with Gasteiger partial charge in [0, 0.05) is 22.1 Å². The second kappa shape index (κ2) is 10.1. The van der Waals surface area contributed by atoms with E-state index in [1.807, 2.05) is 75.4 Å². The van der Waals surface area contributed by atoms with Crippen molar-refractivity contribution in [1.29, 1.82) is 0 Å². The number of nitrogens with zero attached hydrogens (tertiary/aromatic N) is 3. The molecule has 3 aromatic rings. The normalized spacial score (nSPS) is 11.1. The van der Waals surface area contributed by atoms with Gasteiger partial charge in [-0.15, -0.1) is 0 Å². The van der Waals surface area contributed by atoms with Crippen LogP contribution in [-0.2, 0) is 6.54 Å². The number of rotatable bonds is 4. The summed E-state index contributed by atoms with van der Waals surface area (Å²) in [6.45, 7) is 6.24. The van der Waals surface area contributed by atoms with Crippen LogP contribution in [-0.4, -0.2) is 21.0 Å². The molecule has 0 atom stereocenters. The van der Waals surface area contributed by atoms with Gasteiger partial charge in [-0.3, -0.25) is 5.32 Å². The van der Waals surface area contributed by atoms with Crippen LogP contribution in [0.15, 0.2) is 59.6 Å². The Bertz CT molecular complexity index is 1050. The number of aryl methyl sites for hydroxylation is 2. The molecule has 0 saturated carbocycles. The molecule has 3 N–H and O–H groups in total. The molecule has 0 amide bonds. The van der Waals surface area contributed by atoms with Crippen molar-refractivity contribution in [3.63, 3.8) is 0 Å². The van der Waals surface area contributed by atoms with Crippen LogP contribution in [0.1, 0.15) is 22.5 Å². The summed E-state index contributed by atoms with van der Waals surface area (Å²) in [5.41, 5.74) is 4.54. The largest absolute Gasteiger partial charge is 0.332 e. The predicted octanol–water partition coefficient (Wildman–Crippen LogP) is 5.01. The highest BCUT2D eigenvalue weighted by molar-refractivity contribution is 7.80. The quantitative estimate of drug-likeness (QED) is 0.302. The van der Waals surface area contributed by atoms with Gasteiger partial charge >= 0.3 is 0 Å². The van der Waals surface area contributed by atoms with Crippen LogP contribution < -0.4 is 16.0 Å². The standard InChI is InChI=1S/C22H23ClN6S/c1-14-12-15(2)26-21(25-14)28-20(24-13-17-8-5-4-6-9-17)29-22(30)27-19-11-7-10-18(23)16(19)3/h4-12H,13H2,1-3H3,(H3,24,25,26,27,28,29,30). The summed E-state index contributed by atoms with van der Waals surface area (Å²) < 4.78 is 0. The fourth-order valence-electron chi connectivity index (χ4n) is 2.76. The topological polar surface area (TPSA) is 74.2 Å². The molecular formula is C22H23ClN6S. The minimum absolute atomic E-state index is 0.379. The molecule has 6 nitrogen and oxygen atoms in total. The third-order valence-corrected chi connectivity index (χ3v) is 4.84. The number of benzene rings is 2. The molecule has 0 aliphatic rings. The third kappa shape index (κ3) is 6.23. The Kier molecular flexibility index (Phi) is 7.32. The molecule has 0 aliphatic carbocycles. The van der Waals surface area contributed by atoms with Crippen molar-refractivity contribution in [2.24, 2.45) is 4.99 Å². The van der Waals surface area contributed by atoms with E-state index in [-0.39, 0.29) is 0 Å². The molecular weight excluding hydrogens is 416 g/mol. The van der Waals surface area contributed by atoms with Crippen molar-refractivity contribution < 1.29 is 0 Å². The Morgan fingerprint density at radius 1 is 0.967 bits per heavy atom. The molecule has 3 rings (SSSR count). The van der Waals surface area contributed by atoms with E-state index in [1.165, 1.54) is 0 Å². The lowest BCUT2D eigenvalue weighted by atomic mass is 10.2. The second-order valence-corrected chi connectivity index (χ2v) is 7.56. The number of hydrogen-bond donors (Lipinski definition) is 3. The van der Waals surface area contributed by atoms with Gasteiger partial charge in [0.2, 0.25) is 11.9 Å². The van der Waals surface area contributed by atoms with Crippen LogP contribution in [0.3, 0.4) is 0 Å². The lowest BCUT2D eigenvalue weighted by Crippen LogP contribution is -2.39. The van der Waals surface area contributed by atoms with Gasteiger partial charge in [0.1, 0.15) is 0 Å². The van der Waals surface area contributed by atoms with Crippen molar-refractivity contribution in [3.05, 3.63) is 82.1 Å². The smallest absolute Gasteiger partial charge is 0.229 e. The summed E-state index contributed by atoms with van der Waals surface area (Å²) in [6.07, 6.45) is 0. The second-order valence-electron chi connectivity index (χ2n) is 6.74.